The Morgan fingerprint density at radius 1 is 1.13 bits per heavy atom. The van der Waals surface area contributed by atoms with E-state index in [1.54, 1.807) is 28.0 Å². The summed E-state index contributed by atoms with van der Waals surface area (Å²) in [5, 5.41) is 5.17. The molecule has 2 atom stereocenters. The predicted octanol–water partition coefficient (Wildman–Crippen LogP) is 3.28. The molecule has 0 saturated carbocycles. The van der Waals surface area contributed by atoms with Crippen LogP contribution in [0.3, 0.4) is 0 Å². The second-order valence-corrected chi connectivity index (χ2v) is 8.99. The van der Waals surface area contributed by atoms with E-state index in [0.717, 1.165) is 12.8 Å². The summed E-state index contributed by atoms with van der Waals surface area (Å²) in [4.78, 5) is 46.9. The van der Waals surface area contributed by atoms with Gasteiger partial charge in [-0.15, -0.1) is 11.3 Å². The van der Waals surface area contributed by atoms with Crippen molar-refractivity contribution in [1.82, 2.24) is 14.8 Å². The van der Waals surface area contributed by atoms with Crippen molar-refractivity contribution in [3.8, 4) is 0 Å². The van der Waals surface area contributed by atoms with Gasteiger partial charge in [0.15, 0.2) is 0 Å². The average Bonchev–Trinajstić information content (AvgIpc) is 3.47. The zero-order valence-electron chi connectivity index (χ0n) is 16.4. The number of carbonyl (C=O) groups excluding carboxylic acids is 3. The molecular formula is C21H23ClN4O3S. The largest absolute Gasteiger partial charge is 0.340 e. The molecule has 158 valence electrons. The zero-order chi connectivity index (χ0) is 21.1. The Bertz CT molecular complexity index is 919. The molecule has 4 rings (SSSR count). The second-order valence-electron chi connectivity index (χ2n) is 7.61. The van der Waals surface area contributed by atoms with E-state index in [4.69, 9.17) is 11.6 Å². The molecule has 0 spiro atoms. The maximum atomic E-state index is 13.2. The van der Waals surface area contributed by atoms with Gasteiger partial charge in [0.1, 0.15) is 11.9 Å². The zero-order valence-corrected chi connectivity index (χ0v) is 18.0. The van der Waals surface area contributed by atoms with Crippen molar-refractivity contribution in [1.29, 1.82) is 0 Å². The molecule has 4 heterocycles. The van der Waals surface area contributed by atoms with Crippen LogP contribution in [0.25, 0.3) is 0 Å². The number of hydrogen-bond acceptors (Lipinski definition) is 5. The van der Waals surface area contributed by atoms with Crippen molar-refractivity contribution in [2.75, 3.05) is 25.0 Å². The van der Waals surface area contributed by atoms with Gasteiger partial charge < -0.3 is 15.1 Å². The number of thiophene rings is 1. The van der Waals surface area contributed by atoms with Gasteiger partial charge in [-0.05, 0) is 49.3 Å². The first-order valence-electron chi connectivity index (χ1n) is 10.1. The van der Waals surface area contributed by atoms with Gasteiger partial charge in [0.2, 0.25) is 11.8 Å². The van der Waals surface area contributed by atoms with E-state index in [1.807, 2.05) is 11.4 Å². The Morgan fingerprint density at radius 3 is 2.70 bits per heavy atom. The number of carbonyl (C=O) groups is 3. The topological polar surface area (TPSA) is 82.6 Å². The molecule has 2 saturated heterocycles. The van der Waals surface area contributed by atoms with Crippen LogP contribution in [0.1, 0.15) is 35.4 Å². The highest BCUT2D eigenvalue weighted by Crippen LogP contribution is 2.26. The molecule has 1 N–H and O–H groups in total. The highest BCUT2D eigenvalue weighted by molar-refractivity contribution is 7.12. The summed E-state index contributed by atoms with van der Waals surface area (Å²) in [5.74, 6) is -0.153. The summed E-state index contributed by atoms with van der Waals surface area (Å²) in [7, 11) is 0. The lowest BCUT2D eigenvalue weighted by Crippen LogP contribution is -2.51. The molecule has 2 aromatic rings. The molecule has 2 aliphatic rings. The third-order valence-corrected chi connectivity index (χ3v) is 6.69. The standard InChI is InChI=1S/C21H23ClN4O3S/c22-15-7-8-18(23-12-15)24-19(27)14-4-1-9-25(13-14)20(28)16-5-2-10-26(16)21(29)17-6-3-11-30-17/h3,6-8,11-12,14,16H,1-2,4-5,9-10,13H2,(H,23,24,27)/t14?,16-/m0/s1. The summed E-state index contributed by atoms with van der Waals surface area (Å²) in [6, 6.07) is 6.51. The quantitative estimate of drug-likeness (QED) is 0.781. The van der Waals surface area contributed by atoms with E-state index in [1.165, 1.54) is 17.5 Å². The summed E-state index contributed by atoms with van der Waals surface area (Å²) < 4.78 is 0. The minimum Gasteiger partial charge on any atom is -0.340 e. The number of rotatable bonds is 4. The summed E-state index contributed by atoms with van der Waals surface area (Å²) >= 11 is 7.22. The van der Waals surface area contributed by atoms with Gasteiger partial charge in [-0.2, -0.15) is 0 Å². The van der Waals surface area contributed by atoms with Gasteiger partial charge in [0.25, 0.3) is 5.91 Å². The molecule has 9 heteroatoms. The van der Waals surface area contributed by atoms with Crippen LogP contribution in [0, 0.1) is 5.92 Å². The fourth-order valence-electron chi connectivity index (χ4n) is 4.09. The monoisotopic (exact) mass is 446 g/mol. The summed E-state index contributed by atoms with van der Waals surface area (Å²) in [6.07, 6.45) is 4.42. The fourth-order valence-corrected chi connectivity index (χ4v) is 4.88. The maximum Gasteiger partial charge on any atom is 0.264 e. The molecule has 2 aliphatic heterocycles. The Morgan fingerprint density at radius 2 is 1.97 bits per heavy atom. The molecule has 2 aromatic heterocycles. The number of amides is 3. The lowest BCUT2D eigenvalue weighted by molar-refractivity contribution is -0.138. The lowest BCUT2D eigenvalue weighted by Gasteiger charge is -2.35. The smallest absolute Gasteiger partial charge is 0.264 e. The van der Waals surface area contributed by atoms with E-state index in [9.17, 15) is 14.4 Å². The number of piperidine rings is 1. The molecule has 7 nitrogen and oxygen atoms in total. The normalized spacial score (nSPS) is 21.5. The molecule has 3 amide bonds. The van der Waals surface area contributed by atoms with E-state index in [2.05, 4.69) is 10.3 Å². The van der Waals surface area contributed by atoms with E-state index >= 15 is 0 Å². The van der Waals surface area contributed by atoms with Crippen LogP contribution in [-0.2, 0) is 9.59 Å². The van der Waals surface area contributed by atoms with Crippen LogP contribution in [0.4, 0.5) is 5.82 Å². The number of likely N-dealkylation sites (tertiary alicyclic amines) is 2. The van der Waals surface area contributed by atoms with Gasteiger partial charge >= 0.3 is 0 Å². The fraction of sp³-hybridized carbons (Fsp3) is 0.429. The van der Waals surface area contributed by atoms with Crippen LogP contribution in [-0.4, -0.2) is 58.2 Å². The molecule has 0 bridgehead atoms. The van der Waals surface area contributed by atoms with Gasteiger partial charge in [0, 0.05) is 25.8 Å². The number of pyridine rings is 1. The first kappa shape index (κ1) is 20.8. The van der Waals surface area contributed by atoms with Gasteiger partial charge in [0.05, 0.1) is 15.8 Å². The molecule has 0 radical (unpaired) electrons. The number of anilines is 1. The predicted molar refractivity (Wildman–Crippen MR) is 116 cm³/mol. The average molecular weight is 447 g/mol. The number of halogens is 1. The van der Waals surface area contributed by atoms with Crippen molar-refractivity contribution < 1.29 is 14.4 Å². The Hall–Kier alpha value is -2.45. The van der Waals surface area contributed by atoms with Crippen molar-refractivity contribution >= 4 is 46.5 Å². The Kier molecular flexibility index (Phi) is 6.34. The van der Waals surface area contributed by atoms with Crippen LogP contribution >= 0.6 is 22.9 Å². The summed E-state index contributed by atoms with van der Waals surface area (Å²) in [6.45, 7) is 1.56. The van der Waals surface area contributed by atoms with Gasteiger partial charge in [-0.3, -0.25) is 14.4 Å². The van der Waals surface area contributed by atoms with Crippen LogP contribution in [0.5, 0.6) is 0 Å². The van der Waals surface area contributed by atoms with E-state index < -0.39 is 6.04 Å². The number of nitrogens with one attached hydrogen (secondary N) is 1. The third-order valence-electron chi connectivity index (χ3n) is 5.61. The SMILES string of the molecule is O=C(Nc1ccc(Cl)cn1)C1CCCN(C(=O)[C@@H]2CCCN2C(=O)c2cccs2)C1. The third kappa shape index (κ3) is 4.49. The van der Waals surface area contributed by atoms with Crippen molar-refractivity contribution in [2.24, 2.45) is 5.92 Å². The van der Waals surface area contributed by atoms with Crippen LogP contribution in [0.15, 0.2) is 35.8 Å². The first-order chi connectivity index (χ1) is 14.5. The van der Waals surface area contributed by atoms with Gasteiger partial charge in [-0.1, -0.05) is 17.7 Å². The minimum atomic E-state index is -0.445. The summed E-state index contributed by atoms with van der Waals surface area (Å²) in [5.41, 5.74) is 0. The van der Waals surface area contributed by atoms with Crippen LogP contribution < -0.4 is 5.32 Å². The van der Waals surface area contributed by atoms with Gasteiger partial charge in [-0.25, -0.2) is 4.98 Å². The molecule has 0 aliphatic carbocycles. The maximum absolute atomic E-state index is 13.2. The lowest BCUT2D eigenvalue weighted by atomic mass is 9.96. The minimum absolute atomic E-state index is 0.0560. The molecule has 2 fully saturated rings. The Balaban J connectivity index is 1.39. The number of aromatic nitrogens is 1. The highest BCUT2D eigenvalue weighted by Gasteiger charge is 2.39. The van der Waals surface area contributed by atoms with Crippen molar-refractivity contribution in [3.05, 3.63) is 45.7 Å². The number of hydrogen-bond donors (Lipinski definition) is 1. The highest BCUT2D eigenvalue weighted by atomic mass is 35.5. The Labute approximate surface area is 184 Å². The van der Waals surface area contributed by atoms with E-state index in [0.29, 0.717) is 48.2 Å². The van der Waals surface area contributed by atoms with Crippen LogP contribution in [0.2, 0.25) is 5.02 Å². The van der Waals surface area contributed by atoms with Crippen molar-refractivity contribution in [2.45, 2.75) is 31.7 Å². The number of nitrogens with zero attached hydrogens (tertiary/aromatic N) is 3. The molecule has 1 unspecified atom stereocenters. The molecule has 0 aromatic carbocycles. The molecule has 30 heavy (non-hydrogen) atoms. The second kappa shape index (κ2) is 9.14. The first-order valence-corrected chi connectivity index (χ1v) is 11.3. The van der Waals surface area contributed by atoms with Crippen molar-refractivity contribution in [3.63, 3.8) is 0 Å². The molecular weight excluding hydrogens is 424 g/mol. The van der Waals surface area contributed by atoms with E-state index in [-0.39, 0.29) is 23.6 Å².